The lowest BCUT2D eigenvalue weighted by molar-refractivity contribution is -0.116. The van der Waals surface area contributed by atoms with Gasteiger partial charge in [-0.3, -0.25) is 9.69 Å². The van der Waals surface area contributed by atoms with E-state index in [1.165, 1.54) is 16.2 Å². The second-order valence-corrected chi connectivity index (χ2v) is 10.3. The Labute approximate surface area is 202 Å². The maximum absolute atomic E-state index is 13.2. The van der Waals surface area contributed by atoms with Gasteiger partial charge in [0.15, 0.2) is 15.0 Å². The number of aromatic nitrogens is 1. The van der Waals surface area contributed by atoms with E-state index in [0.717, 1.165) is 42.1 Å². The van der Waals surface area contributed by atoms with Gasteiger partial charge in [-0.15, -0.1) is 12.4 Å². The molecule has 0 aliphatic carbocycles. The fourth-order valence-corrected chi connectivity index (χ4v) is 5.60. The van der Waals surface area contributed by atoms with Crippen molar-refractivity contribution in [2.24, 2.45) is 0 Å². The summed E-state index contributed by atoms with van der Waals surface area (Å²) in [6, 6.07) is 9.81. The molecular formula is C21H24Cl2FN3O3S2. The minimum atomic E-state index is -3.94. The van der Waals surface area contributed by atoms with Gasteiger partial charge in [0.25, 0.3) is 0 Å². The van der Waals surface area contributed by atoms with E-state index < -0.39 is 27.3 Å². The first-order valence-electron chi connectivity index (χ1n) is 9.81. The summed E-state index contributed by atoms with van der Waals surface area (Å²) in [4.78, 5) is 21.1. The topological polar surface area (TPSA) is 70.6 Å². The average Bonchev–Trinajstić information content (AvgIpc) is 3.16. The van der Waals surface area contributed by atoms with Crippen LogP contribution in [0.2, 0.25) is 5.02 Å². The SMILES string of the molecule is CCN(CC)CCN(C(=O)CS(=O)(=O)c1ccc(F)cc1)c1nc2c(Cl)cccc2s1.Cl. The number of nitrogens with zero attached hydrogens (tertiary/aromatic N) is 3. The second-order valence-electron chi connectivity index (χ2n) is 6.87. The Kier molecular flexibility index (Phi) is 9.41. The molecule has 0 unspecified atom stereocenters. The first kappa shape index (κ1) is 26.5. The number of thiazole rings is 1. The number of carbonyl (C=O) groups is 1. The monoisotopic (exact) mass is 519 g/mol. The summed E-state index contributed by atoms with van der Waals surface area (Å²) >= 11 is 7.52. The zero-order valence-electron chi connectivity index (χ0n) is 17.6. The lowest BCUT2D eigenvalue weighted by Gasteiger charge is -2.24. The molecule has 174 valence electrons. The van der Waals surface area contributed by atoms with Crippen molar-refractivity contribution < 1.29 is 17.6 Å². The van der Waals surface area contributed by atoms with Crippen molar-refractivity contribution in [3.8, 4) is 0 Å². The molecule has 0 fully saturated rings. The molecule has 2 aromatic carbocycles. The average molecular weight is 520 g/mol. The summed E-state index contributed by atoms with van der Waals surface area (Å²) in [5.74, 6) is -1.87. The third-order valence-electron chi connectivity index (χ3n) is 4.91. The summed E-state index contributed by atoms with van der Waals surface area (Å²) in [6.45, 7) is 6.50. The molecule has 0 atom stereocenters. The van der Waals surface area contributed by atoms with E-state index in [2.05, 4.69) is 9.88 Å². The van der Waals surface area contributed by atoms with Crippen LogP contribution < -0.4 is 4.90 Å². The smallest absolute Gasteiger partial charge is 0.244 e. The molecule has 32 heavy (non-hydrogen) atoms. The number of anilines is 1. The van der Waals surface area contributed by atoms with Gasteiger partial charge in [0, 0.05) is 13.1 Å². The number of likely N-dealkylation sites (N-methyl/N-ethyl adjacent to an activating group) is 1. The van der Waals surface area contributed by atoms with Crippen LogP contribution in [0.3, 0.4) is 0 Å². The molecule has 1 amide bonds. The fourth-order valence-electron chi connectivity index (χ4n) is 3.09. The van der Waals surface area contributed by atoms with Gasteiger partial charge in [-0.1, -0.05) is 42.9 Å². The Morgan fingerprint density at radius 3 is 2.34 bits per heavy atom. The van der Waals surface area contributed by atoms with Crippen molar-refractivity contribution in [1.29, 1.82) is 0 Å². The summed E-state index contributed by atoms with van der Waals surface area (Å²) in [5, 5.41) is 0.865. The number of rotatable bonds is 9. The second kappa shape index (κ2) is 11.4. The van der Waals surface area contributed by atoms with Crippen LogP contribution in [0.25, 0.3) is 10.2 Å². The van der Waals surface area contributed by atoms with Crippen molar-refractivity contribution >= 4 is 66.4 Å². The van der Waals surface area contributed by atoms with Crippen LogP contribution in [0.5, 0.6) is 0 Å². The highest BCUT2D eigenvalue weighted by molar-refractivity contribution is 7.92. The van der Waals surface area contributed by atoms with Crippen molar-refractivity contribution in [2.75, 3.05) is 36.8 Å². The van der Waals surface area contributed by atoms with E-state index in [4.69, 9.17) is 11.6 Å². The standard InChI is InChI=1S/C21H23ClFN3O3S2.ClH/c1-3-25(4-2)12-13-26(21-24-20-17(22)6-5-7-18(20)30-21)19(27)14-31(28,29)16-10-8-15(23)9-11-16;/h5-11H,3-4,12-14H2,1-2H3;1H. The summed E-state index contributed by atoms with van der Waals surface area (Å²) < 4.78 is 39.5. The number of hydrogen-bond donors (Lipinski definition) is 0. The number of amides is 1. The molecule has 11 heteroatoms. The molecule has 1 heterocycles. The zero-order valence-corrected chi connectivity index (χ0v) is 20.8. The van der Waals surface area contributed by atoms with Crippen molar-refractivity contribution in [2.45, 2.75) is 18.7 Å². The number of fused-ring (bicyclic) bond motifs is 1. The highest BCUT2D eigenvalue weighted by atomic mass is 35.5. The number of sulfone groups is 1. The van der Waals surface area contributed by atoms with Gasteiger partial charge in [0.05, 0.1) is 14.6 Å². The number of benzene rings is 2. The Morgan fingerprint density at radius 2 is 1.75 bits per heavy atom. The molecule has 3 rings (SSSR count). The van der Waals surface area contributed by atoms with Crippen molar-refractivity contribution in [3.05, 3.63) is 53.3 Å². The molecule has 0 saturated heterocycles. The van der Waals surface area contributed by atoms with Crippen LogP contribution in [-0.4, -0.2) is 56.1 Å². The largest absolute Gasteiger partial charge is 0.302 e. The Morgan fingerprint density at radius 1 is 1.09 bits per heavy atom. The number of para-hydroxylation sites is 1. The molecule has 0 radical (unpaired) electrons. The molecule has 6 nitrogen and oxygen atoms in total. The van der Waals surface area contributed by atoms with E-state index in [-0.39, 0.29) is 23.8 Å². The molecule has 0 saturated carbocycles. The van der Waals surface area contributed by atoms with Crippen molar-refractivity contribution in [3.63, 3.8) is 0 Å². The number of hydrogen-bond acceptors (Lipinski definition) is 6. The fraction of sp³-hybridized carbons (Fsp3) is 0.333. The highest BCUT2D eigenvalue weighted by Crippen LogP contribution is 2.33. The molecule has 0 bridgehead atoms. The van der Waals surface area contributed by atoms with E-state index in [0.29, 0.717) is 22.2 Å². The molecule has 3 aromatic rings. The molecule has 0 N–H and O–H groups in total. The maximum atomic E-state index is 13.2. The quantitative estimate of drug-likeness (QED) is 0.384. The molecule has 1 aromatic heterocycles. The Bertz CT molecular complexity index is 1170. The maximum Gasteiger partial charge on any atom is 0.244 e. The molecule has 0 spiro atoms. The lowest BCUT2D eigenvalue weighted by atomic mass is 10.3. The highest BCUT2D eigenvalue weighted by Gasteiger charge is 2.27. The van der Waals surface area contributed by atoms with Gasteiger partial charge < -0.3 is 4.90 Å². The number of carbonyl (C=O) groups excluding carboxylic acids is 1. The van der Waals surface area contributed by atoms with Gasteiger partial charge in [-0.05, 0) is 49.5 Å². The first-order valence-corrected chi connectivity index (χ1v) is 12.7. The predicted molar refractivity (Wildman–Crippen MR) is 130 cm³/mol. The van der Waals surface area contributed by atoms with Crippen LogP contribution in [-0.2, 0) is 14.6 Å². The summed E-state index contributed by atoms with van der Waals surface area (Å²) in [5.41, 5.74) is 0.575. The zero-order chi connectivity index (χ0) is 22.6. The molecule has 0 aliphatic heterocycles. The van der Waals surface area contributed by atoms with Crippen LogP contribution in [0.4, 0.5) is 9.52 Å². The summed E-state index contributed by atoms with van der Waals surface area (Å²) in [6.07, 6.45) is 0. The summed E-state index contributed by atoms with van der Waals surface area (Å²) in [7, 11) is -3.94. The Balaban J connectivity index is 0.00000363. The van der Waals surface area contributed by atoms with Crippen LogP contribution in [0.1, 0.15) is 13.8 Å². The van der Waals surface area contributed by atoms with Gasteiger partial charge in [-0.2, -0.15) is 0 Å². The molecular weight excluding hydrogens is 496 g/mol. The first-order chi connectivity index (χ1) is 14.7. The van der Waals surface area contributed by atoms with E-state index in [1.807, 2.05) is 19.9 Å². The normalized spacial score (nSPS) is 11.5. The van der Waals surface area contributed by atoms with Crippen LogP contribution in [0.15, 0.2) is 47.4 Å². The Hall–Kier alpha value is -1.78. The van der Waals surface area contributed by atoms with Gasteiger partial charge in [0.2, 0.25) is 5.91 Å². The van der Waals surface area contributed by atoms with Gasteiger partial charge in [0.1, 0.15) is 17.1 Å². The third kappa shape index (κ3) is 6.17. The van der Waals surface area contributed by atoms with E-state index >= 15 is 0 Å². The minimum absolute atomic E-state index is 0. The third-order valence-corrected chi connectivity index (χ3v) is 7.88. The lowest BCUT2D eigenvalue weighted by Crippen LogP contribution is -2.41. The van der Waals surface area contributed by atoms with Crippen LogP contribution in [0, 0.1) is 5.82 Å². The predicted octanol–water partition coefficient (Wildman–Crippen LogP) is 4.66. The van der Waals surface area contributed by atoms with Crippen molar-refractivity contribution in [1.82, 2.24) is 9.88 Å². The minimum Gasteiger partial charge on any atom is -0.302 e. The van der Waals surface area contributed by atoms with Crippen LogP contribution >= 0.6 is 35.3 Å². The number of halogens is 3. The van der Waals surface area contributed by atoms with Gasteiger partial charge in [-0.25, -0.2) is 17.8 Å². The van der Waals surface area contributed by atoms with Gasteiger partial charge >= 0.3 is 0 Å². The van der Waals surface area contributed by atoms with E-state index in [1.54, 1.807) is 12.1 Å². The van der Waals surface area contributed by atoms with E-state index in [9.17, 15) is 17.6 Å². The molecule has 0 aliphatic rings.